The Labute approximate surface area is 174 Å². The quantitative estimate of drug-likeness (QED) is 0.446. The summed E-state index contributed by atoms with van der Waals surface area (Å²) in [7, 11) is 0. The van der Waals surface area contributed by atoms with Gasteiger partial charge in [-0.1, -0.05) is 52.7 Å². The van der Waals surface area contributed by atoms with E-state index in [0.717, 1.165) is 36.5 Å². The number of allylic oxidation sites excluding steroid dienone is 2. The highest BCUT2D eigenvalue weighted by Gasteiger charge is 2.58. The number of carbonyl (C=O) groups is 1. The summed E-state index contributed by atoms with van der Waals surface area (Å²) in [5, 5.41) is 0. The molecule has 3 fully saturated rings. The Kier molecular flexibility index (Phi) is 5.60. The third-order valence-corrected chi connectivity index (χ3v) is 9.96. The van der Waals surface area contributed by atoms with Gasteiger partial charge < -0.3 is 0 Å². The molecule has 7 atom stereocenters. The molecule has 4 aliphatic carbocycles. The predicted molar refractivity (Wildman–Crippen MR) is 118 cm³/mol. The Morgan fingerprint density at radius 3 is 2.57 bits per heavy atom. The lowest BCUT2D eigenvalue weighted by atomic mass is 9.47. The van der Waals surface area contributed by atoms with Crippen LogP contribution in [0, 0.1) is 46.3 Å². The minimum atomic E-state index is 0.481. The predicted octanol–water partition coefficient (Wildman–Crippen LogP) is 7.60. The number of hydrogen-bond donors (Lipinski definition) is 0. The van der Waals surface area contributed by atoms with E-state index in [0.29, 0.717) is 28.4 Å². The normalized spacial score (nSPS) is 43.7. The van der Waals surface area contributed by atoms with Crippen LogP contribution in [0.4, 0.5) is 0 Å². The van der Waals surface area contributed by atoms with Gasteiger partial charge in [0.05, 0.1) is 0 Å². The first kappa shape index (κ1) is 20.7. The molecular weight excluding hydrogens is 340 g/mol. The van der Waals surface area contributed by atoms with Crippen LogP contribution >= 0.6 is 0 Å². The Hall–Kier alpha value is -0.590. The van der Waals surface area contributed by atoms with E-state index in [1.807, 2.05) is 5.57 Å². The Balaban J connectivity index is 1.51. The molecule has 0 aromatic carbocycles. The van der Waals surface area contributed by atoms with Gasteiger partial charge in [0, 0.05) is 12.8 Å². The van der Waals surface area contributed by atoms with Crippen LogP contribution in [-0.2, 0) is 4.79 Å². The van der Waals surface area contributed by atoms with Crippen LogP contribution in [0.25, 0.3) is 0 Å². The smallest absolute Gasteiger partial charge is 0.133 e. The lowest BCUT2D eigenvalue weighted by Gasteiger charge is -2.58. The number of fused-ring (bicyclic) bond motifs is 5. The molecule has 1 heteroatoms. The van der Waals surface area contributed by atoms with Crippen molar-refractivity contribution in [1.82, 2.24) is 0 Å². The first-order chi connectivity index (χ1) is 13.3. The SMILES string of the molecule is CC(C)CC(=O)C[C@@H](C)[C@H]1CC[C@H]2[C@@H]3CC=C4CCCC[C@]4(C)[C@H]3CC[C@]12C. The molecule has 28 heavy (non-hydrogen) atoms. The summed E-state index contributed by atoms with van der Waals surface area (Å²) in [6, 6.07) is 0. The second-order valence-corrected chi connectivity index (χ2v) is 12.0. The maximum absolute atomic E-state index is 12.5. The summed E-state index contributed by atoms with van der Waals surface area (Å²) >= 11 is 0. The van der Waals surface area contributed by atoms with Gasteiger partial charge in [0.2, 0.25) is 0 Å². The summed E-state index contributed by atoms with van der Waals surface area (Å²) < 4.78 is 0. The van der Waals surface area contributed by atoms with Crippen LogP contribution in [0.1, 0.15) is 105 Å². The maximum Gasteiger partial charge on any atom is 0.133 e. The molecule has 0 aromatic heterocycles. The van der Waals surface area contributed by atoms with Crippen molar-refractivity contribution in [2.45, 2.75) is 105 Å². The molecular formula is C27H44O. The van der Waals surface area contributed by atoms with Crippen molar-refractivity contribution in [1.29, 1.82) is 0 Å². The van der Waals surface area contributed by atoms with Gasteiger partial charge in [0.25, 0.3) is 0 Å². The van der Waals surface area contributed by atoms with Crippen molar-refractivity contribution in [3.8, 4) is 0 Å². The van der Waals surface area contributed by atoms with Gasteiger partial charge in [-0.3, -0.25) is 4.79 Å². The van der Waals surface area contributed by atoms with Gasteiger partial charge in [0.15, 0.2) is 0 Å². The van der Waals surface area contributed by atoms with E-state index >= 15 is 0 Å². The van der Waals surface area contributed by atoms with Crippen LogP contribution < -0.4 is 0 Å². The summed E-state index contributed by atoms with van der Waals surface area (Å²) in [5.74, 6) is 5.08. The number of rotatable bonds is 5. The van der Waals surface area contributed by atoms with Crippen LogP contribution in [0.2, 0.25) is 0 Å². The molecule has 4 rings (SSSR count). The highest BCUT2D eigenvalue weighted by molar-refractivity contribution is 5.78. The highest BCUT2D eigenvalue weighted by Crippen LogP contribution is 2.67. The molecule has 158 valence electrons. The number of hydrogen-bond acceptors (Lipinski definition) is 1. The molecule has 0 heterocycles. The molecule has 0 spiro atoms. The Morgan fingerprint density at radius 2 is 1.82 bits per heavy atom. The third kappa shape index (κ3) is 3.33. The van der Waals surface area contributed by atoms with Gasteiger partial charge in [-0.25, -0.2) is 0 Å². The monoisotopic (exact) mass is 384 g/mol. The lowest BCUT2D eigenvalue weighted by Crippen LogP contribution is -2.50. The summed E-state index contributed by atoms with van der Waals surface area (Å²) in [6.07, 6.45) is 16.9. The van der Waals surface area contributed by atoms with E-state index in [9.17, 15) is 4.79 Å². The van der Waals surface area contributed by atoms with Crippen molar-refractivity contribution in [2.24, 2.45) is 46.3 Å². The van der Waals surface area contributed by atoms with Crippen molar-refractivity contribution in [3.63, 3.8) is 0 Å². The number of ketones is 1. The van der Waals surface area contributed by atoms with Gasteiger partial charge in [0.1, 0.15) is 5.78 Å². The zero-order valence-corrected chi connectivity index (χ0v) is 19.2. The summed E-state index contributed by atoms with van der Waals surface area (Å²) in [6.45, 7) is 12.0. The number of carbonyl (C=O) groups excluding carboxylic acids is 1. The highest BCUT2D eigenvalue weighted by atomic mass is 16.1. The minimum Gasteiger partial charge on any atom is -0.300 e. The van der Waals surface area contributed by atoms with Crippen molar-refractivity contribution >= 4 is 5.78 Å². The standard InChI is InChI=1S/C27H44O/c1-18(2)16-21(28)17-19(3)23-11-12-24-22-10-9-20-8-6-7-14-26(20,4)25(22)13-15-27(23,24)5/h9,18-19,22-25H,6-8,10-17H2,1-5H3/t19-,22+,23-,24+,25+,26+,27-/m1/s1. The fraction of sp³-hybridized carbons (Fsp3) is 0.889. The maximum atomic E-state index is 12.5. The fourth-order valence-electron chi connectivity index (χ4n) is 8.71. The average molecular weight is 385 g/mol. The molecule has 4 aliphatic rings. The largest absolute Gasteiger partial charge is 0.300 e. The molecule has 0 saturated heterocycles. The van der Waals surface area contributed by atoms with E-state index in [-0.39, 0.29) is 0 Å². The Bertz CT molecular complexity index is 630. The third-order valence-electron chi connectivity index (χ3n) is 9.96. The zero-order chi connectivity index (χ0) is 20.1. The summed E-state index contributed by atoms with van der Waals surface area (Å²) in [5.41, 5.74) is 2.82. The van der Waals surface area contributed by atoms with Gasteiger partial charge in [-0.15, -0.1) is 0 Å². The van der Waals surface area contributed by atoms with E-state index in [1.165, 1.54) is 57.8 Å². The van der Waals surface area contributed by atoms with Gasteiger partial charge in [-0.05, 0) is 97.7 Å². The first-order valence-corrected chi connectivity index (χ1v) is 12.5. The molecule has 0 aliphatic heterocycles. The van der Waals surface area contributed by atoms with Gasteiger partial charge in [-0.2, -0.15) is 0 Å². The van der Waals surface area contributed by atoms with Crippen LogP contribution in [0.5, 0.6) is 0 Å². The molecule has 1 nitrogen and oxygen atoms in total. The molecule has 3 saturated carbocycles. The van der Waals surface area contributed by atoms with Crippen molar-refractivity contribution in [3.05, 3.63) is 11.6 Å². The minimum absolute atomic E-state index is 0.481. The molecule has 0 bridgehead atoms. The molecule has 0 N–H and O–H groups in total. The summed E-state index contributed by atoms with van der Waals surface area (Å²) in [4.78, 5) is 12.5. The lowest BCUT2D eigenvalue weighted by molar-refractivity contribution is -0.121. The van der Waals surface area contributed by atoms with Crippen LogP contribution in [-0.4, -0.2) is 5.78 Å². The topological polar surface area (TPSA) is 17.1 Å². The van der Waals surface area contributed by atoms with Crippen LogP contribution in [0.15, 0.2) is 11.6 Å². The van der Waals surface area contributed by atoms with E-state index in [1.54, 1.807) is 0 Å². The second-order valence-electron chi connectivity index (χ2n) is 12.0. The molecule has 0 unspecified atom stereocenters. The molecule has 0 radical (unpaired) electrons. The van der Waals surface area contributed by atoms with Crippen molar-refractivity contribution < 1.29 is 4.79 Å². The van der Waals surface area contributed by atoms with Gasteiger partial charge >= 0.3 is 0 Å². The van der Waals surface area contributed by atoms with Crippen LogP contribution in [0.3, 0.4) is 0 Å². The second kappa shape index (κ2) is 7.59. The Morgan fingerprint density at radius 1 is 1.04 bits per heavy atom. The van der Waals surface area contributed by atoms with E-state index < -0.39 is 0 Å². The number of Topliss-reactive ketones (excluding diaryl/α,β-unsaturated/α-hetero) is 1. The fourth-order valence-corrected chi connectivity index (χ4v) is 8.71. The molecule has 0 amide bonds. The van der Waals surface area contributed by atoms with Crippen molar-refractivity contribution in [2.75, 3.05) is 0 Å². The molecule has 0 aromatic rings. The first-order valence-electron chi connectivity index (χ1n) is 12.5. The van der Waals surface area contributed by atoms with E-state index in [4.69, 9.17) is 0 Å². The average Bonchev–Trinajstić information content (AvgIpc) is 2.97. The zero-order valence-electron chi connectivity index (χ0n) is 19.2. The van der Waals surface area contributed by atoms with E-state index in [2.05, 4.69) is 40.7 Å².